The Labute approximate surface area is 154 Å². The van der Waals surface area contributed by atoms with Gasteiger partial charge in [-0.2, -0.15) is 0 Å². The fourth-order valence-corrected chi connectivity index (χ4v) is 3.63. The second-order valence-corrected chi connectivity index (χ2v) is 7.92. The van der Waals surface area contributed by atoms with Crippen LogP contribution >= 0.6 is 0 Å². The van der Waals surface area contributed by atoms with Gasteiger partial charge in [0.2, 0.25) is 5.91 Å². The van der Waals surface area contributed by atoms with Crippen molar-refractivity contribution in [1.82, 2.24) is 10.2 Å². The van der Waals surface area contributed by atoms with Crippen LogP contribution in [-0.4, -0.2) is 30.3 Å². The van der Waals surface area contributed by atoms with Gasteiger partial charge >= 0.3 is 6.01 Å². The van der Waals surface area contributed by atoms with Crippen molar-refractivity contribution >= 4 is 21.8 Å². The smallest absolute Gasteiger partial charge is 0.322 e. The summed E-state index contributed by atoms with van der Waals surface area (Å²) in [6, 6.07) is 5.99. The Morgan fingerprint density at radius 2 is 1.85 bits per heavy atom. The minimum atomic E-state index is -3.71. The van der Waals surface area contributed by atoms with E-state index < -0.39 is 27.3 Å². The van der Waals surface area contributed by atoms with E-state index in [-0.39, 0.29) is 23.2 Å². The molecule has 0 aliphatic heterocycles. The first kappa shape index (κ1) is 18.8. The number of carbonyl (C=O) groups is 1. The van der Waals surface area contributed by atoms with Crippen molar-refractivity contribution in [2.45, 2.75) is 25.2 Å². The number of anilines is 1. The second-order valence-electron chi connectivity index (χ2n) is 5.81. The number of hydrogen-bond acceptors (Lipinski definition) is 7. The molecule has 10 heteroatoms. The minimum Gasteiger partial charge on any atom is -0.466 e. The van der Waals surface area contributed by atoms with Crippen molar-refractivity contribution in [3.63, 3.8) is 0 Å². The van der Waals surface area contributed by atoms with Gasteiger partial charge in [-0.3, -0.25) is 10.1 Å². The third-order valence-electron chi connectivity index (χ3n) is 3.71. The van der Waals surface area contributed by atoms with Gasteiger partial charge in [0.05, 0.1) is 16.2 Å². The summed E-state index contributed by atoms with van der Waals surface area (Å²) >= 11 is 0. The molecule has 3 rings (SSSR count). The molecule has 2 heterocycles. The van der Waals surface area contributed by atoms with E-state index in [1.807, 2.05) is 0 Å². The molecule has 27 heavy (non-hydrogen) atoms. The molecule has 2 aromatic heterocycles. The summed E-state index contributed by atoms with van der Waals surface area (Å²) in [4.78, 5) is 11.9. The first-order valence-corrected chi connectivity index (χ1v) is 9.59. The van der Waals surface area contributed by atoms with Gasteiger partial charge in [0.15, 0.2) is 9.84 Å². The van der Waals surface area contributed by atoms with Crippen LogP contribution in [0.3, 0.4) is 0 Å². The molecule has 3 aromatic rings. The van der Waals surface area contributed by atoms with Gasteiger partial charge in [-0.25, -0.2) is 12.8 Å². The average molecular weight is 393 g/mol. The fraction of sp³-hybridized carbons (Fsp3) is 0.235. The Kier molecular flexibility index (Phi) is 5.08. The zero-order valence-corrected chi connectivity index (χ0v) is 15.3. The average Bonchev–Trinajstić information content (AvgIpc) is 3.19. The highest BCUT2D eigenvalue weighted by atomic mass is 32.2. The summed E-state index contributed by atoms with van der Waals surface area (Å²) in [5.74, 6) is -0.126. The Morgan fingerprint density at radius 3 is 2.48 bits per heavy atom. The number of carbonyl (C=O) groups excluding carboxylic acids is 1. The Morgan fingerprint density at radius 1 is 1.15 bits per heavy atom. The monoisotopic (exact) mass is 393 g/mol. The van der Waals surface area contributed by atoms with E-state index in [2.05, 4.69) is 15.5 Å². The lowest BCUT2D eigenvalue weighted by molar-refractivity contribution is -0.115. The van der Waals surface area contributed by atoms with Crippen LogP contribution in [0.5, 0.6) is 0 Å². The number of rotatable bonds is 6. The van der Waals surface area contributed by atoms with Crippen LogP contribution in [0.4, 0.5) is 10.4 Å². The third-order valence-corrected chi connectivity index (χ3v) is 5.45. The van der Waals surface area contributed by atoms with E-state index in [1.54, 1.807) is 19.9 Å². The number of aromatic nitrogens is 2. The fourth-order valence-electron chi connectivity index (χ4n) is 2.39. The van der Waals surface area contributed by atoms with Crippen LogP contribution < -0.4 is 5.32 Å². The molecular weight excluding hydrogens is 377 g/mol. The summed E-state index contributed by atoms with van der Waals surface area (Å²) in [5, 5.41) is 9.90. The van der Waals surface area contributed by atoms with Crippen LogP contribution in [0.25, 0.3) is 11.5 Å². The number of nitrogens with zero attached hydrogens (tertiary/aromatic N) is 2. The SMILES string of the molecule is Cc1cc(-c2nnc(NC(=O)CCS(=O)(=O)c3ccc(F)cc3)o2)c(C)o1. The van der Waals surface area contributed by atoms with E-state index in [0.717, 1.165) is 24.3 Å². The Hall–Kier alpha value is -3.01. The largest absolute Gasteiger partial charge is 0.466 e. The molecule has 0 aliphatic carbocycles. The highest BCUT2D eigenvalue weighted by Gasteiger charge is 2.19. The zero-order valence-electron chi connectivity index (χ0n) is 14.5. The molecule has 0 unspecified atom stereocenters. The van der Waals surface area contributed by atoms with Crippen LogP contribution in [0, 0.1) is 19.7 Å². The quantitative estimate of drug-likeness (QED) is 0.640. The Bertz CT molecular complexity index is 1070. The number of aryl methyl sites for hydroxylation is 2. The summed E-state index contributed by atoms with van der Waals surface area (Å²) < 4.78 is 48.0. The highest BCUT2D eigenvalue weighted by Crippen LogP contribution is 2.26. The molecule has 0 spiro atoms. The van der Waals surface area contributed by atoms with Gasteiger partial charge in [-0.05, 0) is 44.2 Å². The second kappa shape index (κ2) is 7.31. The lowest BCUT2D eigenvalue weighted by Crippen LogP contribution is -2.17. The molecule has 0 saturated carbocycles. The van der Waals surface area contributed by atoms with Gasteiger partial charge in [-0.1, -0.05) is 5.10 Å². The number of furan rings is 1. The van der Waals surface area contributed by atoms with Gasteiger partial charge in [-0.15, -0.1) is 5.10 Å². The van der Waals surface area contributed by atoms with Crippen molar-refractivity contribution in [2.75, 3.05) is 11.1 Å². The van der Waals surface area contributed by atoms with Crippen LogP contribution in [0.15, 0.2) is 44.1 Å². The number of sulfone groups is 1. The number of hydrogen-bond donors (Lipinski definition) is 1. The standard InChI is InChI=1S/C17H16FN3O5S/c1-10-9-14(11(2)25-10)16-20-21-17(26-16)19-15(22)7-8-27(23,24)13-5-3-12(18)4-6-13/h3-6,9H,7-8H2,1-2H3,(H,19,21,22). The van der Waals surface area contributed by atoms with Crippen LogP contribution in [0.1, 0.15) is 17.9 Å². The van der Waals surface area contributed by atoms with Crippen LogP contribution in [0.2, 0.25) is 0 Å². The molecule has 0 atom stereocenters. The predicted molar refractivity (Wildman–Crippen MR) is 93.2 cm³/mol. The number of halogens is 1. The summed E-state index contributed by atoms with van der Waals surface area (Å²) in [6.07, 6.45) is -0.318. The predicted octanol–water partition coefficient (Wildman–Crippen LogP) is 2.89. The molecule has 8 nitrogen and oxygen atoms in total. The molecule has 0 aliphatic rings. The molecule has 1 amide bonds. The molecule has 142 valence electrons. The van der Waals surface area contributed by atoms with Crippen molar-refractivity contribution < 1.29 is 26.4 Å². The lowest BCUT2D eigenvalue weighted by Gasteiger charge is -2.04. The van der Waals surface area contributed by atoms with E-state index in [1.165, 1.54) is 0 Å². The van der Waals surface area contributed by atoms with E-state index in [0.29, 0.717) is 17.1 Å². The highest BCUT2D eigenvalue weighted by molar-refractivity contribution is 7.91. The summed E-state index contributed by atoms with van der Waals surface area (Å²) in [7, 11) is -3.71. The Balaban J connectivity index is 1.61. The number of nitrogens with one attached hydrogen (secondary N) is 1. The topological polar surface area (TPSA) is 115 Å². The lowest BCUT2D eigenvalue weighted by atomic mass is 10.2. The summed E-state index contributed by atoms with van der Waals surface area (Å²) in [5.41, 5.74) is 0.611. The maximum atomic E-state index is 12.9. The number of amides is 1. The van der Waals surface area contributed by atoms with Gasteiger partial charge in [0.25, 0.3) is 5.89 Å². The number of benzene rings is 1. The van der Waals surface area contributed by atoms with Crippen LogP contribution in [-0.2, 0) is 14.6 Å². The minimum absolute atomic E-state index is 0.0532. The molecule has 0 radical (unpaired) electrons. The van der Waals surface area contributed by atoms with Crippen molar-refractivity contribution in [2.24, 2.45) is 0 Å². The summed E-state index contributed by atoms with van der Waals surface area (Å²) in [6.45, 7) is 3.52. The maximum Gasteiger partial charge on any atom is 0.322 e. The third kappa shape index (κ3) is 4.40. The van der Waals surface area contributed by atoms with E-state index in [4.69, 9.17) is 8.83 Å². The van der Waals surface area contributed by atoms with E-state index in [9.17, 15) is 17.6 Å². The molecular formula is C17H16FN3O5S. The normalized spacial score (nSPS) is 11.5. The maximum absolute atomic E-state index is 12.9. The van der Waals surface area contributed by atoms with Crippen molar-refractivity contribution in [3.8, 4) is 11.5 Å². The zero-order chi connectivity index (χ0) is 19.6. The van der Waals surface area contributed by atoms with E-state index >= 15 is 0 Å². The van der Waals surface area contributed by atoms with Gasteiger partial charge in [0.1, 0.15) is 17.3 Å². The molecule has 0 fully saturated rings. The molecule has 0 bridgehead atoms. The first-order valence-electron chi connectivity index (χ1n) is 7.94. The first-order chi connectivity index (χ1) is 12.7. The molecule has 0 saturated heterocycles. The van der Waals surface area contributed by atoms with Crippen molar-refractivity contribution in [3.05, 3.63) is 47.7 Å². The van der Waals surface area contributed by atoms with Gasteiger partial charge < -0.3 is 8.83 Å². The molecule has 1 aromatic carbocycles. The van der Waals surface area contributed by atoms with Gasteiger partial charge in [0, 0.05) is 6.42 Å². The van der Waals surface area contributed by atoms with Crippen molar-refractivity contribution in [1.29, 1.82) is 0 Å². The molecule has 1 N–H and O–H groups in total.